The van der Waals surface area contributed by atoms with E-state index in [0.29, 0.717) is 6.42 Å². The fourth-order valence-corrected chi connectivity index (χ4v) is 3.81. The van der Waals surface area contributed by atoms with Crippen molar-refractivity contribution in [3.05, 3.63) is 71.8 Å². The maximum absolute atomic E-state index is 12.8. The minimum atomic E-state index is -0.622. The lowest BCUT2D eigenvalue weighted by molar-refractivity contribution is -0.120. The zero-order valence-corrected chi connectivity index (χ0v) is 15.2. The molecule has 1 heterocycles. The summed E-state index contributed by atoms with van der Waals surface area (Å²) in [5.41, 5.74) is 1.90. The van der Waals surface area contributed by atoms with Crippen LogP contribution in [0.25, 0.3) is 0 Å². The van der Waals surface area contributed by atoms with Crippen LogP contribution in [0.1, 0.15) is 11.1 Å². The lowest BCUT2D eigenvalue weighted by Crippen LogP contribution is -2.48. The number of Topliss-reactive ketones (excluding diaryl/α,β-unsaturated/α-hetero) is 1. The summed E-state index contributed by atoms with van der Waals surface area (Å²) in [6, 6.07) is 18.5. The molecule has 0 bridgehead atoms. The molecule has 1 saturated heterocycles. The van der Waals surface area contributed by atoms with Gasteiger partial charge >= 0.3 is 6.09 Å². The Bertz CT molecular complexity index is 718. The van der Waals surface area contributed by atoms with Crippen LogP contribution in [-0.4, -0.2) is 35.6 Å². The lowest BCUT2D eigenvalue weighted by atomic mass is 10.0. The number of ether oxygens (including phenoxy) is 1. The zero-order valence-electron chi connectivity index (χ0n) is 14.4. The van der Waals surface area contributed by atoms with Crippen LogP contribution in [0.4, 0.5) is 4.79 Å². The minimum Gasteiger partial charge on any atom is -0.445 e. The molecule has 0 aromatic heterocycles. The predicted molar refractivity (Wildman–Crippen MR) is 103 cm³/mol. The van der Waals surface area contributed by atoms with Crippen molar-refractivity contribution in [3.63, 3.8) is 0 Å². The van der Waals surface area contributed by atoms with E-state index in [0.717, 1.165) is 23.4 Å². The first-order valence-electron chi connectivity index (χ1n) is 8.62. The molecule has 2 N–H and O–H groups in total. The quantitative estimate of drug-likeness (QED) is 0.784. The molecular weight excluding hydrogens is 348 g/mol. The molecule has 2 aromatic rings. The molecule has 1 aliphatic heterocycles. The Morgan fingerprint density at radius 1 is 1.08 bits per heavy atom. The molecule has 1 aliphatic rings. The van der Waals surface area contributed by atoms with E-state index in [9.17, 15) is 9.59 Å². The first-order valence-corrected chi connectivity index (χ1v) is 9.67. The topological polar surface area (TPSA) is 67.4 Å². The van der Waals surface area contributed by atoms with Crippen molar-refractivity contribution in [1.29, 1.82) is 0 Å². The van der Waals surface area contributed by atoms with Crippen LogP contribution in [0, 0.1) is 0 Å². The number of carbonyl (C=O) groups is 2. The Labute approximate surface area is 157 Å². The molecule has 0 saturated carbocycles. The van der Waals surface area contributed by atoms with E-state index in [4.69, 9.17) is 4.74 Å². The van der Waals surface area contributed by atoms with Gasteiger partial charge in [0.05, 0.1) is 6.04 Å². The van der Waals surface area contributed by atoms with Crippen LogP contribution in [0.3, 0.4) is 0 Å². The van der Waals surface area contributed by atoms with Crippen molar-refractivity contribution < 1.29 is 14.3 Å². The van der Waals surface area contributed by atoms with Gasteiger partial charge in [-0.2, -0.15) is 0 Å². The van der Waals surface area contributed by atoms with Gasteiger partial charge in [0.2, 0.25) is 0 Å². The Morgan fingerprint density at radius 3 is 2.35 bits per heavy atom. The lowest BCUT2D eigenvalue weighted by Gasteiger charge is -2.20. The molecule has 136 valence electrons. The van der Waals surface area contributed by atoms with Crippen LogP contribution in [0.15, 0.2) is 60.7 Å². The summed E-state index contributed by atoms with van der Waals surface area (Å²) in [7, 11) is 0. The maximum atomic E-state index is 12.8. The third-order valence-electron chi connectivity index (χ3n) is 4.11. The van der Waals surface area contributed by atoms with Crippen LogP contribution >= 0.6 is 11.8 Å². The van der Waals surface area contributed by atoms with E-state index in [1.165, 1.54) is 0 Å². The predicted octanol–water partition coefficient (Wildman–Crippen LogP) is 2.76. The largest absolute Gasteiger partial charge is 0.445 e. The SMILES string of the molecule is O=C(N[C@@H](Cc1ccccc1)C(=O)[C@H]1NCCS1)OCc1ccccc1. The van der Waals surface area contributed by atoms with Gasteiger partial charge in [-0.25, -0.2) is 4.79 Å². The fraction of sp³-hybridized carbons (Fsp3) is 0.300. The average Bonchev–Trinajstić information content (AvgIpc) is 3.22. The Kier molecular flexibility index (Phi) is 6.68. The van der Waals surface area contributed by atoms with Gasteiger partial charge in [-0.3, -0.25) is 10.1 Å². The van der Waals surface area contributed by atoms with Gasteiger partial charge in [0.25, 0.3) is 0 Å². The van der Waals surface area contributed by atoms with Crippen LogP contribution < -0.4 is 10.6 Å². The average molecular weight is 370 g/mol. The molecule has 5 nitrogen and oxygen atoms in total. The summed E-state index contributed by atoms with van der Waals surface area (Å²) in [5, 5.41) is 5.64. The zero-order chi connectivity index (χ0) is 18.2. The second kappa shape index (κ2) is 9.40. The monoisotopic (exact) mass is 370 g/mol. The fourth-order valence-electron chi connectivity index (χ4n) is 2.77. The van der Waals surface area contributed by atoms with Gasteiger partial charge < -0.3 is 10.1 Å². The maximum Gasteiger partial charge on any atom is 0.408 e. The van der Waals surface area contributed by atoms with Gasteiger partial charge in [0, 0.05) is 12.3 Å². The van der Waals surface area contributed by atoms with Gasteiger partial charge in [-0.15, -0.1) is 11.8 Å². The highest BCUT2D eigenvalue weighted by Gasteiger charge is 2.31. The van der Waals surface area contributed by atoms with Crippen LogP contribution in [0.2, 0.25) is 0 Å². The van der Waals surface area contributed by atoms with Crippen molar-refractivity contribution in [3.8, 4) is 0 Å². The van der Waals surface area contributed by atoms with Gasteiger partial charge in [0.1, 0.15) is 12.0 Å². The molecule has 1 amide bonds. The van der Waals surface area contributed by atoms with E-state index in [1.54, 1.807) is 11.8 Å². The Balaban J connectivity index is 1.62. The minimum absolute atomic E-state index is 0.0204. The van der Waals surface area contributed by atoms with E-state index in [2.05, 4.69) is 10.6 Å². The summed E-state index contributed by atoms with van der Waals surface area (Å²) in [5.74, 6) is 0.875. The highest BCUT2D eigenvalue weighted by Crippen LogP contribution is 2.17. The van der Waals surface area contributed by atoms with Crippen molar-refractivity contribution in [1.82, 2.24) is 10.6 Å². The van der Waals surface area contributed by atoms with E-state index in [1.807, 2.05) is 60.7 Å². The standard InChI is InChI=1S/C20H22N2O3S/c23-18(19-21-11-12-26-19)17(13-15-7-3-1-4-8-15)22-20(24)25-14-16-9-5-2-6-10-16/h1-10,17,19,21H,11-14H2,(H,22,24)/t17-,19-/m0/s1. The smallest absolute Gasteiger partial charge is 0.408 e. The second-order valence-electron chi connectivity index (χ2n) is 6.06. The normalized spacial score (nSPS) is 17.5. The molecule has 0 unspecified atom stereocenters. The first-order chi connectivity index (χ1) is 12.7. The molecule has 0 radical (unpaired) electrons. The highest BCUT2D eigenvalue weighted by atomic mass is 32.2. The van der Waals surface area contributed by atoms with E-state index in [-0.39, 0.29) is 17.8 Å². The molecule has 2 atom stereocenters. The number of hydrogen-bond donors (Lipinski definition) is 2. The molecule has 3 rings (SSSR count). The van der Waals surface area contributed by atoms with E-state index >= 15 is 0 Å². The van der Waals surface area contributed by atoms with Crippen molar-refractivity contribution >= 4 is 23.6 Å². The van der Waals surface area contributed by atoms with Crippen molar-refractivity contribution in [2.45, 2.75) is 24.4 Å². The number of alkyl carbamates (subject to hydrolysis) is 1. The number of hydrogen-bond acceptors (Lipinski definition) is 5. The van der Waals surface area contributed by atoms with Gasteiger partial charge in [0.15, 0.2) is 5.78 Å². The number of rotatable bonds is 7. The van der Waals surface area contributed by atoms with Crippen LogP contribution in [-0.2, 0) is 22.6 Å². The molecule has 2 aromatic carbocycles. The number of ketones is 1. The molecule has 0 aliphatic carbocycles. The van der Waals surface area contributed by atoms with Gasteiger partial charge in [-0.1, -0.05) is 60.7 Å². The molecule has 0 spiro atoms. The summed E-state index contributed by atoms with van der Waals surface area (Å²) in [4.78, 5) is 25.0. The number of nitrogens with one attached hydrogen (secondary N) is 2. The third-order valence-corrected chi connectivity index (χ3v) is 5.28. The summed E-state index contributed by atoms with van der Waals surface area (Å²) < 4.78 is 5.28. The third kappa shape index (κ3) is 5.34. The van der Waals surface area contributed by atoms with Gasteiger partial charge in [-0.05, 0) is 17.5 Å². The molecule has 6 heteroatoms. The van der Waals surface area contributed by atoms with Crippen molar-refractivity contribution in [2.75, 3.05) is 12.3 Å². The van der Waals surface area contributed by atoms with Crippen LogP contribution in [0.5, 0.6) is 0 Å². The Hall–Kier alpha value is -2.31. The van der Waals surface area contributed by atoms with E-state index < -0.39 is 12.1 Å². The number of benzene rings is 2. The van der Waals surface area contributed by atoms with Crippen molar-refractivity contribution in [2.24, 2.45) is 0 Å². The first kappa shape index (κ1) is 18.5. The molecule has 1 fully saturated rings. The number of amides is 1. The summed E-state index contributed by atoms with van der Waals surface area (Å²) in [6.07, 6.45) is -0.134. The molecule has 26 heavy (non-hydrogen) atoms. The number of carbonyl (C=O) groups excluding carboxylic acids is 2. The summed E-state index contributed by atoms with van der Waals surface area (Å²) in [6.45, 7) is 0.979. The molecular formula is C20H22N2O3S. The second-order valence-corrected chi connectivity index (χ2v) is 7.27. The number of thioether (sulfide) groups is 1. The summed E-state index contributed by atoms with van der Waals surface area (Å²) >= 11 is 1.57. The highest BCUT2D eigenvalue weighted by molar-refractivity contribution is 8.00. The Morgan fingerprint density at radius 2 is 1.73 bits per heavy atom.